The van der Waals surface area contributed by atoms with E-state index in [2.05, 4.69) is 45.8 Å². The highest BCUT2D eigenvalue weighted by molar-refractivity contribution is 6.87. The van der Waals surface area contributed by atoms with Crippen LogP contribution in [0.3, 0.4) is 0 Å². The van der Waals surface area contributed by atoms with Crippen molar-refractivity contribution in [1.82, 2.24) is 0 Å². The molecule has 0 aliphatic heterocycles. The molecule has 1 atom stereocenters. The van der Waals surface area contributed by atoms with Crippen molar-refractivity contribution in [2.45, 2.75) is 83.4 Å². The number of hydrogen-bond acceptors (Lipinski definition) is 8. The van der Waals surface area contributed by atoms with Crippen molar-refractivity contribution in [2.75, 3.05) is 46.2 Å². The number of rotatable bonds is 22. The van der Waals surface area contributed by atoms with Gasteiger partial charge in [0.25, 0.3) is 0 Å². The fourth-order valence-corrected chi connectivity index (χ4v) is 20.7. The Balaban J connectivity index is 4.67. The van der Waals surface area contributed by atoms with Gasteiger partial charge in [0.15, 0.2) is 16.6 Å². The van der Waals surface area contributed by atoms with Crippen LogP contribution in [0.2, 0.25) is 70.5 Å². The molecule has 33 heavy (non-hydrogen) atoms. The molecule has 2 N–H and O–H groups in total. The second-order valence-electron chi connectivity index (χ2n) is 10.0. The number of hydrogen-bond donors (Lipinski definition) is 2. The maximum atomic E-state index is 8.82. The number of ether oxygens (including phenoxy) is 2. The van der Waals surface area contributed by atoms with E-state index in [0.717, 1.165) is 31.0 Å². The Morgan fingerprint density at radius 1 is 0.636 bits per heavy atom. The van der Waals surface area contributed by atoms with Crippen molar-refractivity contribution >= 4 is 43.5 Å². The van der Waals surface area contributed by atoms with Crippen molar-refractivity contribution in [3.8, 4) is 0 Å². The van der Waals surface area contributed by atoms with Crippen molar-refractivity contribution in [3.05, 3.63) is 0 Å². The van der Waals surface area contributed by atoms with Gasteiger partial charge in [-0.15, -0.1) is 0 Å². The van der Waals surface area contributed by atoms with Crippen LogP contribution in [0, 0.1) is 0 Å². The molecule has 0 fully saturated rings. The molecular weight excluding hydrogens is 509 g/mol. The SMILES string of the molecule is C[Si]O[Si@@](C)(CCO[Si](C)(C)CCCOCCO)O[Si](C)(C)O[Si](C)(C)CCCOCCO. The first kappa shape index (κ1) is 33.8. The third-order valence-electron chi connectivity index (χ3n) is 4.96. The summed E-state index contributed by atoms with van der Waals surface area (Å²) in [4.78, 5) is 0. The van der Waals surface area contributed by atoms with Crippen LogP contribution in [0.4, 0.5) is 0 Å². The zero-order chi connectivity index (χ0) is 25.4. The second kappa shape index (κ2) is 17.3. The summed E-state index contributed by atoms with van der Waals surface area (Å²) >= 11 is 0. The normalized spacial score (nSPS) is 15.1. The van der Waals surface area contributed by atoms with E-state index in [9.17, 15) is 0 Å². The molecule has 13 heteroatoms. The molecule has 198 valence electrons. The maximum Gasteiger partial charge on any atom is 0.317 e. The third kappa shape index (κ3) is 18.7. The van der Waals surface area contributed by atoms with Gasteiger partial charge in [-0.05, 0) is 77.3 Å². The van der Waals surface area contributed by atoms with E-state index in [0.29, 0.717) is 42.8 Å². The van der Waals surface area contributed by atoms with Crippen molar-refractivity contribution in [1.29, 1.82) is 0 Å². The topological polar surface area (TPSA) is 95.8 Å². The van der Waals surface area contributed by atoms with Crippen molar-refractivity contribution < 1.29 is 36.5 Å². The van der Waals surface area contributed by atoms with Gasteiger partial charge in [0.1, 0.15) is 0 Å². The maximum absolute atomic E-state index is 8.82. The molecule has 0 aromatic rings. The molecular formula is C20H50O8Si5. The van der Waals surface area contributed by atoms with Crippen LogP contribution in [0.15, 0.2) is 0 Å². The summed E-state index contributed by atoms with van der Waals surface area (Å²) in [7, 11) is -8.09. The molecule has 0 bridgehead atoms. The molecule has 8 nitrogen and oxygen atoms in total. The Hall–Kier alpha value is 0.764. The van der Waals surface area contributed by atoms with Crippen LogP contribution in [0.1, 0.15) is 12.8 Å². The quantitative estimate of drug-likeness (QED) is 0.153. The summed E-state index contributed by atoms with van der Waals surface area (Å²) in [5, 5.41) is 17.6. The summed E-state index contributed by atoms with van der Waals surface area (Å²) in [5.41, 5.74) is 0. The molecule has 0 heterocycles. The fourth-order valence-electron chi connectivity index (χ4n) is 3.71. The van der Waals surface area contributed by atoms with E-state index in [1.54, 1.807) is 0 Å². The lowest BCUT2D eigenvalue weighted by Crippen LogP contribution is -2.55. The molecule has 0 rings (SSSR count). The summed E-state index contributed by atoms with van der Waals surface area (Å²) < 4.78 is 36.6. The van der Waals surface area contributed by atoms with Gasteiger partial charge in [-0.3, -0.25) is 0 Å². The Kier molecular flexibility index (Phi) is 17.7. The molecule has 2 radical (unpaired) electrons. The van der Waals surface area contributed by atoms with E-state index in [4.69, 9.17) is 36.5 Å². The Morgan fingerprint density at radius 3 is 1.64 bits per heavy atom. The van der Waals surface area contributed by atoms with Gasteiger partial charge >= 0.3 is 17.1 Å². The molecule has 0 saturated carbocycles. The highest BCUT2D eigenvalue weighted by Gasteiger charge is 2.43. The standard InChI is InChI=1S/C20H50O8Si5/c1-29-26-33(8,20-17-25-30(2,3)18-9-13-23-15-11-21)28-32(6,7)27-31(4,5)19-10-14-24-16-12-22/h21-22H,9-20H2,1-8H3/t33-/m1/s1. The molecule has 0 amide bonds. The van der Waals surface area contributed by atoms with E-state index >= 15 is 0 Å². The molecule has 0 unspecified atom stereocenters. The summed E-state index contributed by atoms with van der Waals surface area (Å²) in [5.74, 6) is 0. The average molecular weight is 559 g/mol. The first-order valence-electron chi connectivity index (χ1n) is 12.1. The summed E-state index contributed by atoms with van der Waals surface area (Å²) in [6.45, 7) is 20.3. The summed E-state index contributed by atoms with van der Waals surface area (Å²) in [6.07, 6.45) is 1.89. The Labute approximate surface area is 209 Å². The fraction of sp³-hybridized carbons (Fsp3) is 1.00. The van der Waals surface area contributed by atoms with E-state index in [1.165, 1.54) is 0 Å². The predicted octanol–water partition coefficient (Wildman–Crippen LogP) is 3.70. The van der Waals surface area contributed by atoms with E-state index in [-0.39, 0.29) is 13.2 Å². The highest BCUT2D eigenvalue weighted by atomic mass is 28.5. The molecule has 0 saturated heterocycles. The number of aliphatic hydroxyl groups is 2. The van der Waals surface area contributed by atoms with Crippen LogP contribution < -0.4 is 0 Å². The Morgan fingerprint density at radius 2 is 1.15 bits per heavy atom. The highest BCUT2D eigenvalue weighted by Crippen LogP contribution is 2.26. The van der Waals surface area contributed by atoms with Gasteiger partial charge in [-0.2, -0.15) is 0 Å². The van der Waals surface area contributed by atoms with Crippen LogP contribution in [-0.4, -0.2) is 100.0 Å². The van der Waals surface area contributed by atoms with Crippen LogP contribution >= 0.6 is 0 Å². The van der Waals surface area contributed by atoms with E-state index in [1.807, 2.05) is 6.55 Å². The van der Waals surface area contributed by atoms with Gasteiger partial charge in [-0.25, -0.2) is 0 Å². The van der Waals surface area contributed by atoms with Crippen molar-refractivity contribution in [3.63, 3.8) is 0 Å². The average Bonchev–Trinajstić information content (AvgIpc) is 2.66. The lowest BCUT2D eigenvalue weighted by atomic mass is 10.5. The van der Waals surface area contributed by atoms with Crippen LogP contribution in [-0.2, 0) is 26.2 Å². The van der Waals surface area contributed by atoms with Crippen LogP contribution in [0.5, 0.6) is 0 Å². The molecule has 0 aromatic carbocycles. The van der Waals surface area contributed by atoms with Gasteiger partial charge < -0.3 is 36.5 Å². The molecule has 0 aliphatic rings. The van der Waals surface area contributed by atoms with Gasteiger partial charge in [0.05, 0.1) is 26.4 Å². The minimum Gasteiger partial charge on any atom is -0.436 e. The van der Waals surface area contributed by atoms with Crippen molar-refractivity contribution in [2.24, 2.45) is 0 Å². The van der Waals surface area contributed by atoms with E-state index < -0.39 is 33.8 Å². The summed E-state index contributed by atoms with van der Waals surface area (Å²) in [6, 6.07) is 2.82. The van der Waals surface area contributed by atoms with Gasteiger partial charge in [0, 0.05) is 25.9 Å². The lowest BCUT2D eigenvalue weighted by molar-refractivity contribution is 0.0921. The van der Waals surface area contributed by atoms with Gasteiger partial charge in [0.2, 0.25) is 9.76 Å². The minimum atomic E-state index is -2.42. The minimum absolute atomic E-state index is 0.0643. The largest absolute Gasteiger partial charge is 0.436 e. The first-order valence-corrected chi connectivity index (χ1v) is 25.0. The lowest BCUT2D eigenvalue weighted by Gasteiger charge is -2.39. The number of aliphatic hydroxyl groups excluding tert-OH is 2. The molecule has 0 aliphatic carbocycles. The predicted molar refractivity (Wildman–Crippen MR) is 144 cm³/mol. The zero-order valence-electron chi connectivity index (χ0n) is 22.3. The zero-order valence-corrected chi connectivity index (χ0v) is 27.3. The Bertz CT molecular complexity index is 499. The smallest absolute Gasteiger partial charge is 0.317 e. The second-order valence-corrected chi connectivity index (χ2v) is 26.8. The molecule has 0 spiro atoms. The third-order valence-corrected chi connectivity index (χ3v) is 20.6. The van der Waals surface area contributed by atoms with Gasteiger partial charge in [-0.1, -0.05) is 0 Å². The first-order chi connectivity index (χ1) is 15.3. The van der Waals surface area contributed by atoms with Crippen LogP contribution in [0.25, 0.3) is 0 Å². The molecule has 0 aromatic heterocycles. The monoisotopic (exact) mass is 558 g/mol.